The molecule has 94 valence electrons. The molecule has 1 fully saturated rings. The first-order valence-electron chi connectivity index (χ1n) is 6.00. The van der Waals surface area contributed by atoms with Crippen molar-refractivity contribution in [3.05, 3.63) is 40.7 Å². The van der Waals surface area contributed by atoms with Crippen LogP contribution in [0.5, 0.6) is 0 Å². The number of anilines is 1. The van der Waals surface area contributed by atoms with Gasteiger partial charge in [-0.25, -0.2) is 0 Å². The summed E-state index contributed by atoms with van der Waals surface area (Å²) in [6.45, 7) is 3.62. The monoisotopic (exact) mass is 279 g/mol. The lowest BCUT2D eigenvalue weighted by molar-refractivity contribution is 0.123. The van der Waals surface area contributed by atoms with E-state index in [4.69, 9.17) is 16.3 Å². The van der Waals surface area contributed by atoms with E-state index in [-0.39, 0.29) is 0 Å². The summed E-state index contributed by atoms with van der Waals surface area (Å²) in [6, 6.07) is 10.3. The summed E-state index contributed by atoms with van der Waals surface area (Å²) >= 11 is 7.68. The molecule has 1 aliphatic rings. The van der Waals surface area contributed by atoms with Gasteiger partial charge in [-0.3, -0.25) is 0 Å². The van der Waals surface area contributed by atoms with Gasteiger partial charge in [0.25, 0.3) is 0 Å². The summed E-state index contributed by atoms with van der Waals surface area (Å²) in [4.78, 5) is 3.66. The van der Waals surface area contributed by atoms with Gasteiger partial charge in [0.2, 0.25) is 0 Å². The molecule has 18 heavy (non-hydrogen) atoms. The number of rotatable bonds is 2. The summed E-state index contributed by atoms with van der Waals surface area (Å²) in [5.74, 6) is 0. The zero-order valence-corrected chi connectivity index (χ0v) is 11.5. The fourth-order valence-corrected chi connectivity index (χ4v) is 3.13. The van der Waals surface area contributed by atoms with Crippen molar-refractivity contribution in [3.8, 4) is 10.4 Å². The molecular weight excluding hydrogens is 266 g/mol. The Morgan fingerprint density at radius 3 is 2.56 bits per heavy atom. The lowest BCUT2D eigenvalue weighted by Crippen LogP contribution is -2.35. The van der Waals surface area contributed by atoms with Gasteiger partial charge in [0.05, 0.1) is 13.2 Å². The molecule has 0 aliphatic carbocycles. The highest BCUT2D eigenvalue weighted by Crippen LogP contribution is 2.32. The first-order chi connectivity index (χ1) is 8.83. The predicted molar refractivity (Wildman–Crippen MR) is 77.8 cm³/mol. The maximum Gasteiger partial charge on any atom is 0.0642 e. The van der Waals surface area contributed by atoms with Crippen molar-refractivity contribution in [2.45, 2.75) is 0 Å². The highest BCUT2D eigenvalue weighted by Gasteiger charge is 2.13. The second-order valence-corrected chi connectivity index (χ2v) is 5.62. The Balaban J connectivity index is 1.82. The van der Waals surface area contributed by atoms with Crippen molar-refractivity contribution in [2.75, 3.05) is 31.2 Å². The van der Waals surface area contributed by atoms with Crippen molar-refractivity contribution >= 4 is 28.6 Å². The van der Waals surface area contributed by atoms with Gasteiger partial charge in [0.15, 0.2) is 0 Å². The smallest absolute Gasteiger partial charge is 0.0642 e. The number of halogens is 1. The normalized spacial score (nSPS) is 15.9. The minimum absolute atomic E-state index is 0.781. The number of ether oxygens (including phenoxy) is 1. The molecule has 1 saturated heterocycles. The van der Waals surface area contributed by atoms with Crippen LogP contribution in [0.25, 0.3) is 10.4 Å². The molecule has 2 nitrogen and oxygen atoms in total. The fourth-order valence-electron chi connectivity index (χ4n) is 2.08. The third kappa shape index (κ3) is 2.53. The fraction of sp³-hybridized carbons (Fsp3) is 0.286. The van der Waals surface area contributed by atoms with Crippen LogP contribution in [0.1, 0.15) is 0 Å². The molecule has 1 aromatic carbocycles. The van der Waals surface area contributed by atoms with Gasteiger partial charge >= 0.3 is 0 Å². The quantitative estimate of drug-likeness (QED) is 0.826. The van der Waals surface area contributed by atoms with E-state index in [0.29, 0.717) is 0 Å². The van der Waals surface area contributed by atoms with Gasteiger partial charge in [-0.05, 0) is 23.8 Å². The number of benzene rings is 1. The molecule has 0 saturated carbocycles. The standard InChI is InChI=1S/C14H14ClNOS/c15-12-3-1-11(2-4-12)14-9-13(10-18-14)16-5-7-17-8-6-16/h1-4,9-10H,5-8H2. The Hall–Kier alpha value is -1.03. The second kappa shape index (κ2) is 5.31. The van der Waals surface area contributed by atoms with E-state index >= 15 is 0 Å². The van der Waals surface area contributed by atoms with Crippen molar-refractivity contribution in [3.63, 3.8) is 0 Å². The number of hydrogen-bond donors (Lipinski definition) is 0. The number of nitrogens with zero attached hydrogens (tertiary/aromatic N) is 1. The SMILES string of the molecule is Clc1ccc(-c2cc(N3CCOCC3)cs2)cc1. The van der Waals surface area contributed by atoms with Crippen LogP contribution in [0.3, 0.4) is 0 Å². The number of morpholine rings is 1. The van der Waals surface area contributed by atoms with E-state index in [9.17, 15) is 0 Å². The molecule has 0 bridgehead atoms. The largest absolute Gasteiger partial charge is 0.378 e. The molecule has 1 aromatic heterocycles. The van der Waals surface area contributed by atoms with Gasteiger partial charge in [0.1, 0.15) is 0 Å². The summed E-state index contributed by atoms with van der Waals surface area (Å²) in [5, 5.41) is 3.00. The molecule has 3 rings (SSSR count). The first kappa shape index (κ1) is 12.0. The average Bonchev–Trinajstić information content (AvgIpc) is 2.90. The third-order valence-electron chi connectivity index (χ3n) is 3.09. The Bertz CT molecular complexity index is 517. The molecule has 0 unspecified atom stereocenters. The van der Waals surface area contributed by atoms with Crippen molar-refractivity contribution in [2.24, 2.45) is 0 Å². The molecule has 2 heterocycles. The molecule has 4 heteroatoms. The van der Waals surface area contributed by atoms with E-state index in [1.54, 1.807) is 11.3 Å². The van der Waals surface area contributed by atoms with E-state index in [2.05, 4.69) is 28.5 Å². The minimum Gasteiger partial charge on any atom is -0.378 e. The number of thiophene rings is 1. The summed E-state index contributed by atoms with van der Waals surface area (Å²) in [6.07, 6.45) is 0. The van der Waals surface area contributed by atoms with Crippen LogP contribution in [0.15, 0.2) is 35.7 Å². The molecular formula is C14H14ClNOS. The van der Waals surface area contributed by atoms with Crippen LogP contribution in [0, 0.1) is 0 Å². The minimum atomic E-state index is 0.781. The van der Waals surface area contributed by atoms with Crippen molar-refractivity contribution < 1.29 is 4.74 Å². The summed E-state index contributed by atoms with van der Waals surface area (Å²) in [7, 11) is 0. The highest BCUT2D eigenvalue weighted by atomic mass is 35.5. The maximum atomic E-state index is 5.91. The summed E-state index contributed by atoms with van der Waals surface area (Å²) < 4.78 is 5.37. The summed E-state index contributed by atoms with van der Waals surface area (Å²) in [5.41, 5.74) is 2.53. The predicted octanol–water partition coefficient (Wildman–Crippen LogP) is 3.91. The molecule has 0 N–H and O–H groups in total. The van der Waals surface area contributed by atoms with Crippen LogP contribution in [0.2, 0.25) is 5.02 Å². The Kier molecular flexibility index (Phi) is 3.55. The third-order valence-corrected chi connectivity index (χ3v) is 4.31. The molecule has 0 amide bonds. The van der Waals surface area contributed by atoms with E-state index in [1.807, 2.05) is 12.1 Å². The Morgan fingerprint density at radius 1 is 1.11 bits per heavy atom. The molecule has 2 aromatic rings. The van der Waals surface area contributed by atoms with E-state index in [0.717, 1.165) is 31.3 Å². The Labute approximate surface area is 116 Å². The van der Waals surface area contributed by atoms with Crippen LogP contribution in [-0.2, 0) is 4.74 Å². The van der Waals surface area contributed by atoms with E-state index in [1.165, 1.54) is 16.1 Å². The second-order valence-electron chi connectivity index (χ2n) is 4.28. The lowest BCUT2D eigenvalue weighted by atomic mass is 10.2. The van der Waals surface area contributed by atoms with Crippen LogP contribution in [-0.4, -0.2) is 26.3 Å². The highest BCUT2D eigenvalue weighted by molar-refractivity contribution is 7.14. The van der Waals surface area contributed by atoms with Crippen molar-refractivity contribution in [1.29, 1.82) is 0 Å². The topological polar surface area (TPSA) is 12.5 Å². The van der Waals surface area contributed by atoms with Crippen LogP contribution < -0.4 is 4.90 Å². The zero-order chi connectivity index (χ0) is 12.4. The molecule has 0 radical (unpaired) electrons. The Morgan fingerprint density at radius 2 is 1.83 bits per heavy atom. The van der Waals surface area contributed by atoms with Gasteiger partial charge in [-0.1, -0.05) is 23.7 Å². The maximum absolute atomic E-state index is 5.91. The first-order valence-corrected chi connectivity index (χ1v) is 7.26. The van der Waals surface area contributed by atoms with Gasteiger partial charge < -0.3 is 9.64 Å². The van der Waals surface area contributed by atoms with Crippen LogP contribution >= 0.6 is 22.9 Å². The number of hydrogen-bond acceptors (Lipinski definition) is 3. The molecule has 0 spiro atoms. The van der Waals surface area contributed by atoms with Gasteiger partial charge in [0, 0.05) is 34.1 Å². The molecule has 1 aliphatic heterocycles. The van der Waals surface area contributed by atoms with Gasteiger partial charge in [-0.2, -0.15) is 0 Å². The molecule has 0 atom stereocenters. The van der Waals surface area contributed by atoms with E-state index < -0.39 is 0 Å². The average molecular weight is 280 g/mol. The van der Waals surface area contributed by atoms with Gasteiger partial charge in [-0.15, -0.1) is 11.3 Å². The van der Waals surface area contributed by atoms with Crippen molar-refractivity contribution in [1.82, 2.24) is 0 Å². The van der Waals surface area contributed by atoms with Crippen LogP contribution in [0.4, 0.5) is 5.69 Å². The lowest BCUT2D eigenvalue weighted by Gasteiger charge is -2.27. The zero-order valence-electron chi connectivity index (χ0n) is 9.93.